The van der Waals surface area contributed by atoms with Crippen molar-refractivity contribution < 1.29 is 4.39 Å². The Balaban J connectivity index is 1.35. The van der Waals surface area contributed by atoms with Crippen molar-refractivity contribution in [2.45, 2.75) is 35.4 Å². The van der Waals surface area contributed by atoms with Crippen LogP contribution in [0.1, 0.15) is 29.6 Å². The van der Waals surface area contributed by atoms with Gasteiger partial charge in [-0.25, -0.2) is 4.39 Å². The topological polar surface area (TPSA) is 30.7 Å². The fourth-order valence-corrected chi connectivity index (χ4v) is 5.23. The van der Waals surface area contributed by atoms with Crippen molar-refractivity contribution in [3.8, 4) is 0 Å². The number of rotatable bonds is 8. The van der Waals surface area contributed by atoms with Crippen LogP contribution in [0.25, 0.3) is 0 Å². The van der Waals surface area contributed by atoms with E-state index in [1.165, 1.54) is 29.9 Å². The summed E-state index contributed by atoms with van der Waals surface area (Å²) in [5.74, 6) is 2.83. The summed E-state index contributed by atoms with van der Waals surface area (Å²) in [5.41, 5.74) is 0. The van der Waals surface area contributed by atoms with Crippen LogP contribution in [0.5, 0.6) is 0 Å². The molecule has 25 heavy (non-hydrogen) atoms. The van der Waals surface area contributed by atoms with Crippen molar-refractivity contribution in [3.63, 3.8) is 0 Å². The summed E-state index contributed by atoms with van der Waals surface area (Å²) in [7, 11) is 0. The highest BCUT2D eigenvalue weighted by Gasteiger charge is 2.29. The molecule has 0 spiro atoms. The Bertz CT molecular complexity index is 811. The van der Waals surface area contributed by atoms with Crippen LogP contribution in [0.4, 0.5) is 4.39 Å². The highest BCUT2D eigenvalue weighted by molar-refractivity contribution is 8.02. The SMILES string of the molecule is Fc1ccc(SCCSc2nnc(Cc3cccs3)n2C2CC2)cc1. The van der Waals surface area contributed by atoms with Gasteiger partial charge in [0.25, 0.3) is 0 Å². The molecular formula is C18H18FN3S3. The minimum atomic E-state index is -0.186. The first-order valence-electron chi connectivity index (χ1n) is 8.27. The fourth-order valence-electron chi connectivity index (χ4n) is 2.62. The fraction of sp³-hybridized carbons (Fsp3) is 0.333. The lowest BCUT2D eigenvalue weighted by Gasteiger charge is -2.08. The summed E-state index contributed by atoms with van der Waals surface area (Å²) in [6.07, 6.45) is 3.33. The molecule has 0 bridgehead atoms. The largest absolute Gasteiger partial charge is 0.303 e. The van der Waals surface area contributed by atoms with Crippen molar-refractivity contribution in [2.75, 3.05) is 11.5 Å². The highest BCUT2D eigenvalue weighted by Crippen LogP contribution is 2.39. The lowest BCUT2D eigenvalue weighted by Crippen LogP contribution is -2.03. The van der Waals surface area contributed by atoms with E-state index in [-0.39, 0.29) is 5.82 Å². The van der Waals surface area contributed by atoms with E-state index >= 15 is 0 Å². The zero-order valence-corrected chi connectivity index (χ0v) is 16.0. The van der Waals surface area contributed by atoms with Gasteiger partial charge < -0.3 is 4.57 Å². The number of hydrogen-bond acceptors (Lipinski definition) is 5. The van der Waals surface area contributed by atoms with Gasteiger partial charge in [-0.1, -0.05) is 17.8 Å². The molecule has 1 saturated carbocycles. The number of thioether (sulfide) groups is 2. The van der Waals surface area contributed by atoms with Crippen molar-refractivity contribution >= 4 is 34.9 Å². The van der Waals surface area contributed by atoms with Crippen LogP contribution in [0.2, 0.25) is 0 Å². The Hall–Kier alpha value is -1.31. The van der Waals surface area contributed by atoms with E-state index in [2.05, 4.69) is 32.3 Å². The van der Waals surface area contributed by atoms with E-state index in [0.717, 1.165) is 33.8 Å². The van der Waals surface area contributed by atoms with Crippen molar-refractivity contribution in [2.24, 2.45) is 0 Å². The summed E-state index contributed by atoms with van der Waals surface area (Å²) in [5, 5.41) is 12.0. The maximum atomic E-state index is 12.9. The minimum Gasteiger partial charge on any atom is -0.303 e. The lowest BCUT2D eigenvalue weighted by molar-refractivity contribution is 0.626. The molecule has 1 aliphatic carbocycles. The van der Waals surface area contributed by atoms with Crippen molar-refractivity contribution in [3.05, 3.63) is 58.3 Å². The monoisotopic (exact) mass is 391 g/mol. The second-order valence-electron chi connectivity index (χ2n) is 5.91. The number of aromatic nitrogens is 3. The van der Waals surface area contributed by atoms with Crippen LogP contribution in [0, 0.1) is 5.82 Å². The minimum absolute atomic E-state index is 0.186. The van der Waals surface area contributed by atoms with Gasteiger partial charge in [-0.05, 0) is 48.6 Å². The van der Waals surface area contributed by atoms with Gasteiger partial charge in [0.1, 0.15) is 11.6 Å². The molecule has 0 atom stereocenters. The van der Waals surface area contributed by atoms with Gasteiger partial charge in [-0.3, -0.25) is 0 Å². The standard InChI is InChI=1S/C18H18FN3S3/c19-13-3-7-15(8-4-13)24-10-11-25-18-21-20-17(22(18)14-5-6-14)12-16-2-1-9-23-16/h1-4,7-9,14H,5-6,10-12H2. The summed E-state index contributed by atoms with van der Waals surface area (Å²) in [6, 6.07) is 11.5. The van der Waals surface area contributed by atoms with Crippen LogP contribution >= 0.6 is 34.9 Å². The van der Waals surface area contributed by atoms with Gasteiger partial charge in [-0.15, -0.1) is 33.3 Å². The third-order valence-electron chi connectivity index (χ3n) is 3.96. The van der Waals surface area contributed by atoms with Gasteiger partial charge in [0.2, 0.25) is 0 Å². The maximum Gasteiger partial charge on any atom is 0.191 e. The smallest absolute Gasteiger partial charge is 0.191 e. The molecule has 130 valence electrons. The second-order valence-corrected chi connectivity index (χ2v) is 9.17. The first-order valence-corrected chi connectivity index (χ1v) is 11.1. The molecule has 4 rings (SSSR count). The first kappa shape index (κ1) is 17.1. The quantitative estimate of drug-likeness (QED) is 0.386. The molecule has 2 heterocycles. The molecule has 3 aromatic rings. The average Bonchev–Trinajstić information content (AvgIpc) is 3.17. The van der Waals surface area contributed by atoms with Crippen LogP contribution in [-0.4, -0.2) is 26.3 Å². The number of thiophene rings is 1. The highest BCUT2D eigenvalue weighted by atomic mass is 32.2. The summed E-state index contributed by atoms with van der Waals surface area (Å²) in [6.45, 7) is 0. The molecule has 0 aliphatic heterocycles. The molecule has 0 saturated heterocycles. The molecule has 7 heteroatoms. The molecule has 1 fully saturated rings. The van der Waals surface area contributed by atoms with E-state index in [1.807, 2.05) is 12.1 Å². The van der Waals surface area contributed by atoms with Crippen molar-refractivity contribution in [1.29, 1.82) is 0 Å². The van der Waals surface area contributed by atoms with E-state index in [1.54, 1.807) is 34.9 Å². The predicted octanol–water partition coefficient (Wildman–Crippen LogP) is 5.29. The van der Waals surface area contributed by atoms with Crippen LogP contribution < -0.4 is 0 Å². The Morgan fingerprint density at radius 3 is 2.60 bits per heavy atom. The van der Waals surface area contributed by atoms with Crippen LogP contribution in [0.15, 0.2) is 51.8 Å². The van der Waals surface area contributed by atoms with E-state index in [4.69, 9.17) is 0 Å². The first-order chi connectivity index (χ1) is 12.3. The Labute approximate surface area is 159 Å². The number of halogens is 1. The molecule has 0 radical (unpaired) electrons. The molecular weight excluding hydrogens is 373 g/mol. The Morgan fingerprint density at radius 2 is 1.88 bits per heavy atom. The second kappa shape index (κ2) is 7.93. The zero-order chi connectivity index (χ0) is 17.1. The molecule has 3 nitrogen and oxygen atoms in total. The third kappa shape index (κ3) is 4.46. The Kier molecular flexibility index (Phi) is 5.43. The number of hydrogen-bond donors (Lipinski definition) is 0. The predicted molar refractivity (Wildman–Crippen MR) is 103 cm³/mol. The van der Waals surface area contributed by atoms with Gasteiger partial charge >= 0.3 is 0 Å². The molecule has 0 unspecified atom stereocenters. The summed E-state index contributed by atoms with van der Waals surface area (Å²) in [4.78, 5) is 2.43. The van der Waals surface area contributed by atoms with E-state index < -0.39 is 0 Å². The number of benzene rings is 1. The van der Waals surface area contributed by atoms with Gasteiger partial charge in [-0.2, -0.15) is 0 Å². The average molecular weight is 392 g/mol. The van der Waals surface area contributed by atoms with Gasteiger partial charge in [0, 0.05) is 33.7 Å². The zero-order valence-electron chi connectivity index (χ0n) is 13.6. The molecule has 1 aromatic carbocycles. The number of nitrogens with zero attached hydrogens (tertiary/aromatic N) is 3. The summed E-state index contributed by atoms with van der Waals surface area (Å²) < 4.78 is 15.3. The van der Waals surface area contributed by atoms with Gasteiger partial charge in [0.15, 0.2) is 5.16 Å². The molecule has 1 aliphatic rings. The van der Waals surface area contributed by atoms with Crippen LogP contribution in [-0.2, 0) is 6.42 Å². The van der Waals surface area contributed by atoms with E-state index in [9.17, 15) is 4.39 Å². The molecule has 0 N–H and O–H groups in total. The van der Waals surface area contributed by atoms with Crippen molar-refractivity contribution in [1.82, 2.24) is 14.8 Å². The van der Waals surface area contributed by atoms with Crippen LogP contribution in [0.3, 0.4) is 0 Å². The van der Waals surface area contributed by atoms with Gasteiger partial charge in [0.05, 0.1) is 0 Å². The lowest BCUT2D eigenvalue weighted by atomic mass is 10.3. The third-order valence-corrected chi connectivity index (χ3v) is 7.05. The molecule has 0 amide bonds. The normalized spacial score (nSPS) is 14.1. The molecule has 2 aromatic heterocycles. The summed E-state index contributed by atoms with van der Waals surface area (Å²) >= 11 is 5.28. The maximum absolute atomic E-state index is 12.9. The Morgan fingerprint density at radius 1 is 1.08 bits per heavy atom. The van der Waals surface area contributed by atoms with E-state index in [0.29, 0.717) is 6.04 Å².